The molecule has 18 heavy (non-hydrogen) atoms. The van der Waals surface area contributed by atoms with Crippen LogP contribution in [0.4, 0.5) is 5.69 Å². The zero-order valence-corrected chi connectivity index (χ0v) is 9.37. The molecule has 0 unspecified atom stereocenters. The third-order valence-corrected chi connectivity index (χ3v) is 2.43. The molecule has 0 bridgehead atoms. The fraction of sp³-hybridized carbons (Fsp3) is 0.182. The molecule has 0 saturated carbocycles. The summed E-state index contributed by atoms with van der Waals surface area (Å²) in [6.45, 7) is 1.36. The number of nitrogens with zero attached hydrogens (tertiary/aromatic N) is 1. The molecule has 1 aliphatic heterocycles. The standard InChI is InChI=1S/C11H9NO6/c1-6(11(13)14)2-7-3-9-10(18-5-17-9)4-8(7)12(15)16/h2-4H,5H2,1H3,(H,13,14)/b6-2+. The van der Waals surface area contributed by atoms with Crippen LogP contribution in [-0.2, 0) is 4.79 Å². The van der Waals surface area contributed by atoms with Crippen LogP contribution in [0.15, 0.2) is 17.7 Å². The maximum Gasteiger partial charge on any atom is 0.331 e. The molecule has 1 aliphatic rings. The van der Waals surface area contributed by atoms with E-state index in [0.717, 1.165) is 0 Å². The van der Waals surface area contributed by atoms with Gasteiger partial charge in [0.25, 0.3) is 5.69 Å². The third-order valence-electron chi connectivity index (χ3n) is 2.43. The van der Waals surface area contributed by atoms with E-state index in [-0.39, 0.29) is 29.4 Å². The second-order valence-corrected chi connectivity index (χ2v) is 3.65. The summed E-state index contributed by atoms with van der Waals surface area (Å²) in [6, 6.07) is 2.62. The summed E-state index contributed by atoms with van der Waals surface area (Å²) in [6.07, 6.45) is 1.22. The van der Waals surface area contributed by atoms with Gasteiger partial charge in [0.15, 0.2) is 11.5 Å². The number of nitro benzene ring substituents is 1. The molecular weight excluding hydrogens is 242 g/mol. The summed E-state index contributed by atoms with van der Waals surface area (Å²) in [5, 5.41) is 19.7. The summed E-state index contributed by atoms with van der Waals surface area (Å²) in [5.41, 5.74) is -0.0547. The van der Waals surface area contributed by atoms with Gasteiger partial charge in [0.05, 0.1) is 16.6 Å². The van der Waals surface area contributed by atoms with Crippen molar-refractivity contribution < 1.29 is 24.3 Å². The Labute approximate surface area is 101 Å². The van der Waals surface area contributed by atoms with Crippen molar-refractivity contribution in [1.82, 2.24) is 0 Å². The molecule has 1 aromatic carbocycles. The van der Waals surface area contributed by atoms with E-state index in [2.05, 4.69) is 0 Å². The molecule has 94 valence electrons. The Bertz CT molecular complexity index is 563. The van der Waals surface area contributed by atoms with Crippen molar-refractivity contribution in [3.63, 3.8) is 0 Å². The number of aliphatic carboxylic acids is 1. The third kappa shape index (κ3) is 2.10. The van der Waals surface area contributed by atoms with Gasteiger partial charge in [-0.05, 0) is 19.1 Å². The number of benzene rings is 1. The molecule has 0 aromatic heterocycles. The fourth-order valence-corrected chi connectivity index (χ4v) is 1.52. The van der Waals surface area contributed by atoms with Gasteiger partial charge in [0.1, 0.15) is 0 Å². The number of nitro groups is 1. The van der Waals surface area contributed by atoms with Crippen LogP contribution < -0.4 is 9.47 Å². The van der Waals surface area contributed by atoms with Gasteiger partial charge < -0.3 is 14.6 Å². The molecule has 1 aromatic rings. The lowest BCUT2D eigenvalue weighted by molar-refractivity contribution is -0.385. The number of hydrogen-bond donors (Lipinski definition) is 1. The maximum atomic E-state index is 10.9. The van der Waals surface area contributed by atoms with Gasteiger partial charge in [-0.3, -0.25) is 10.1 Å². The van der Waals surface area contributed by atoms with Gasteiger partial charge >= 0.3 is 5.97 Å². The first-order chi connectivity index (χ1) is 8.49. The van der Waals surface area contributed by atoms with Crippen LogP contribution in [0.2, 0.25) is 0 Å². The first kappa shape index (κ1) is 11.9. The Morgan fingerprint density at radius 2 is 2.06 bits per heavy atom. The molecule has 0 radical (unpaired) electrons. The molecule has 0 fully saturated rings. The number of fused-ring (bicyclic) bond motifs is 1. The Hall–Kier alpha value is -2.57. The maximum absolute atomic E-state index is 10.9. The van der Waals surface area contributed by atoms with E-state index in [1.807, 2.05) is 0 Å². The van der Waals surface area contributed by atoms with E-state index >= 15 is 0 Å². The zero-order chi connectivity index (χ0) is 13.3. The molecule has 0 saturated heterocycles. The number of carbonyl (C=O) groups is 1. The van der Waals surface area contributed by atoms with Crippen LogP contribution in [-0.4, -0.2) is 22.8 Å². The normalized spacial score (nSPS) is 13.5. The summed E-state index contributed by atoms with van der Waals surface area (Å²) in [4.78, 5) is 21.0. The molecule has 0 atom stereocenters. The highest BCUT2D eigenvalue weighted by atomic mass is 16.7. The number of hydrogen-bond acceptors (Lipinski definition) is 5. The lowest BCUT2D eigenvalue weighted by Crippen LogP contribution is -1.97. The number of carboxylic acid groups (broad SMARTS) is 1. The van der Waals surface area contributed by atoms with Gasteiger partial charge in [0, 0.05) is 5.57 Å². The van der Waals surface area contributed by atoms with Crippen molar-refractivity contribution in [2.75, 3.05) is 6.79 Å². The van der Waals surface area contributed by atoms with Crippen LogP contribution in [0.1, 0.15) is 12.5 Å². The van der Waals surface area contributed by atoms with E-state index < -0.39 is 10.9 Å². The van der Waals surface area contributed by atoms with Crippen LogP contribution in [0.5, 0.6) is 11.5 Å². The van der Waals surface area contributed by atoms with Gasteiger partial charge in [-0.25, -0.2) is 4.79 Å². The van der Waals surface area contributed by atoms with E-state index in [1.165, 1.54) is 25.1 Å². The second kappa shape index (κ2) is 4.36. The van der Waals surface area contributed by atoms with E-state index in [9.17, 15) is 14.9 Å². The van der Waals surface area contributed by atoms with Gasteiger partial charge in [-0.2, -0.15) is 0 Å². The predicted molar refractivity (Wildman–Crippen MR) is 60.5 cm³/mol. The Balaban J connectivity index is 2.55. The first-order valence-corrected chi connectivity index (χ1v) is 4.98. The van der Waals surface area contributed by atoms with Crippen molar-refractivity contribution in [3.8, 4) is 11.5 Å². The Morgan fingerprint density at radius 1 is 1.44 bits per heavy atom. The van der Waals surface area contributed by atoms with E-state index in [4.69, 9.17) is 14.6 Å². The molecule has 0 amide bonds. The predicted octanol–water partition coefficient (Wildman–Crippen LogP) is 1.81. The lowest BCUT2D eigenvalue weighted by Gasteiger charge is -2.01. The Morgan fingerprint density at radius 3 is 2.61 bits per heavy atom. The number of carboxylic acids is 1. The van der Waals surface area contributed by atoms with E-state index in [0.29, 0.717) is 5.75 Å². The zero-order valence-electron chi connectivity index (χ0n) is 9.37. The molecule has 0 aliphatic carbocycles. The minimum Gasteiger partial charge on any atom is -0.478 e. The highest BCUT2D eigenvalue weighted by molar-refractivity contribution is 5.92. The second-order valence-electron chi connectivity index (χ2n) is 3.65. The van der Waals surface area contributed by atoms with Crippen LogP contribution in [0, 0.1) is 10.1 Å². The molecule has 7 heteroatoms. The van der Waals surface area contributed by atoms with Gasteiger partial charge in [-0.15, -0.1) is 0 Å². The van der Waals surface area contributed by atoms with E-state index in [1.54, 1.807) is 0 Å². The van der Waals surface area contributed by atoms with Gasteiger partial charge in [-0.1, -0.05) is 0 Å². The molecule has 2 rings (SSSR count). The van der Waals surface area contributed by atoms with Crippen molar-refractivity contribution in [2.45, 2.75) is 6.92 Å². The molecular formula is C11H9NO6. The summed E-state index contributed by atoms with van der Waals surface area (Å²) < 4.78 is 10.1. The van der Waals surface area contributed by atoms with Crippen molar-refractivity contribution >= 4 is 17.7 Å². The summed E-state index contributed by atoms with van der Waals surface area (Å²) in [5.74, 6) is -0.487. The molecule has 1 N–H and O–H groups in total. The number of ether oxygens (including phenoxy) is 2. The monoisotopic (exact) mass is 251 g/mol. The largest absolute Gasteiger partial charge is 0.478 e. The van der Waals surface area contributed by atoms with Crippen molar-refractivity contribution in [3.05, 3.63) is 33.4 Å². The highest BCUT2D eigenvalue weighted by Gasteiger charge is 2.22. The smallest absolute Gasteiger partial charge is 0.331 e. The minimum absolute atomic E-state index is 0.00241. The highest BCUT2D eigenvalue weighted by Crippen LogP contribution is 2.38. The number of rotatable bonds is 3. The topological polar surface area (TPSA) is 98.9 Å². The lowest BCUT2D eigenvalue weighted by atomic mass is 10.1. The molecule has 0 spiro atoms. The fourth-order valence-electron chi connectivity index (χ4n) is 1.52. The van der Waals surface area contributed by atoms with Crippen LogP contribution in [0.3, 0.4) is 0 Å². The summed E-state index contributed by atoms with van der Waals surface area (Å²) >= 11 is 0. The first-order valence-electron chi connectivity index (χ1n) is 4.98. The van der Waals surface area contributed by atoms with Crippen molar-refractivity contribution in [1.29, 1.82) is 0 Å². The Kier molecular flexibility index (Phi) is 2.88. The summed E-state index contributed by atoms with van der Waals surface area (Å²) in [7, 11) is 0. The molecule has 7 nitrogen and oxygen atoms in total. The van der Waals surface area contributed by atoms with Gasteiger partial charge in [0.2, 0.25) is 6.79 Å². The molecule has 1 heterocycles. The van der Waals surface area contributed by atoms with Crippen LogP contribution >= 0.6 is 0 Å². The van der Waals surface area contributed by atoms with Crippen LogP contribution in [0.25, 0.3) is 6.08 Å². The quantitative estimate of drug-likeness (QED) is 0.499. The SMILES string of the molecule is C/C(=C\c1cc2c(cc1[N+](=O)[O-])OCO2)C(=O)O. The van der Waals surface area contributed by atoms with Crippen molar-refractivity contribution in [2.24, 2.45) is 0 Å². The minimum atomic E-state index is -1.14. The average molecular weight is 251 g/mol. The average Bonchev–Trinajstić information content (AvgIpc) is 2.74.